The molecule has 0 spiro atoms. The third kappa shape index (κ3) is 4.77. The van der Waals surface area contributed by atoms with E-state index in [2.05, 4.69) is 0 Å². The van der Waals surface area contributed by atoms with E-state index in [0.717, 1.165) is 5.56 Å². The number of hydrogen-bond acceptors (Lipinski definition) is 7. The molecule has 8 heteroatoms. The fraction of sp³-hybridized carbons (Fsp3) is 0.267. The van der Waals surface area contributed by atoms with E-state index in [1.165, 1.54) is 26.2 Å². The van der Waals surface area contributed by atoms with Crippen LogP contribution >= 0.6 is 0 Å². The van der Waals surface area contributed by atoms with Crippen molar-refractivity contribution in [3.8, 4) is 23.0 Å². The maximum Gasteiger partial charge on any atom is 0.300 e. The molecule has 4 rings (SSSR count). The van der Waals surface area contributed by atoms with E-state index in [4.69, 9.17) is 18.9 Å². The van der Waals surface area contributed by atoms with E-state index in [-0.39, 0.29) is 17.4 Å². The number of aliphatic hydroxyl groups is 1. The topological polar surface area (TPSA) is 94.5 Å². The molecule has 1 saturated heterocycles. The van der Waals surface area contributed by atoms with Crippen molar-refractivity contribution in [3.05, 3.63) is 82.9 Å². The number of rotatable bonds is 8. The lowest BCUT2D eigenvalue weighted by Gasteiger charge is -2.27. The molecule has 1 N–H and O–H groups in total. The summed E-state index contributed by atoms with van der Waals surface area (Å²) in [6.07, 6.45) is -0.0849. The lowest BCUT2D eigenvalue weighted by Crippen LogP contribution is -2.30. The molecule has 0 aromatic heterocycles. The van der Waals surface area contributed by atoms with Crippen LogP contribution in [0.15, 0.2) is 66.2 Å². The highest BCUT2D eigenvalue weighted by atomic mass is 16.5. The first-order valence-electron chi connectivity index (χ1n) is 12.1. The molecule has 1 heterocycles. The van der Waals surface area contributed by atoms with Gasteiger partial charge in [-0.3, -0.25) is 14.5 Å². The summed E-state index contributed by atoms with van der Waals surface area (Å²) in [5, 5.41) is 11.5. The Bertz CT molecular complexity index is 1380. The number of Topliss-reactive ketones (excluding diaryl/α,β-unsaturated/α-hetero) is 1. The van der Waals surface area contributed by atoms with E-state index in [9.17, 15) is 14.7 Å². The number of ketones is 1. The zero-order valence-electron chi connectivity index (χ0n) is 22.3. The number of carbonyl (C=O) groups excluding carboxylic acids is 2. The van der Waals surface area contributed by atoms with E-state index in [1.54, 1.807) is 48.5 Å². The van der Waals surface area contributed by atoms with Gasteiger partial charge in [-0.15, -0.1) is 0 Å². The second-order valence-electron chi connectivity index (χ2n) is 9.11. The lowest BCUT2D eigenvalue weighted by atomic mass is 9.94. The normalized spacial score (nSPS) is 16.6. The molecule has 1 unspecified atom stereocenters. The van der Waals surface area contributed by atoms with E-state index >= 15 is 0 Å². The number of hydrogen-bond donors (Lipinski definition) is 1. The Morgan fingerprint density at radius 3 is 2.13 bits per heavy atom. The summed E-state index contributed by atoms with van der Waals surface area (Å²) in [4.78, 5) is 28.5. The van der Waals surface area contributed by atoms with Crippen molar-refractivity contribution in [2.75, 3.05) is 26.2 Å². The molecule has 0 radical (unpaired) electrons. The lowest BCUT2D eigenvalue weighted by molar-refractivity contribution is -0.132. The third-order valence-corrected chi connectivity index (χ3v) is 6.30. The van der Waals surface area contributed by atoms with E-state index in [1.807, 2.05) is 32.9 Å². The molecule has 1 amide bonds. The Kier molecular flexibility index (Phi) is 7.62. The number of aryl methyl sites for hydroxylation is 1. The molecule has 1 atom stereocenters. The second kappa shape index (κ2) is 10.9. The molecule has 3 aromatic rings. The second-order valence-corrected chi connectivity index (χ2v) is 9.11. The molecule has 0 bridgehead atoms. The number of ether oxygens (including phenoxy) is 4. The molecule has 198 valence electrons. The van der Waals surface area contributed by atoms with Gasteiger partial charge in [-0.1, -0.05) is 30.3 Å². The number of carbonyl (C=O) groups is 2. The standard InChI is InChI=1S/C30H31NO7/c1-17(2)38-21-12-9-11-19(14-21)27(32)25-26(20-15-23(35-4)29(37-6)24(16-20)36-5)31(30(34)28(25)33)22-13-8-7-10-18(22)3/h7-17,26,32H,1-6H3/b27-25+. The molecule has 1 aliphatic rings. The van der Waals surface area contributed by atoms with Crippen molar-refractivity contribution in [1.29, 1.82) is 0 Å². The summed E-state index contributed by atoms with van der Waals surface area (Å²) in [6.45, 7) is 5.64. The summed E-state index contributed by atoms with van der Waals surface area (Å²) < 4.78 is 22.3. The summed E-state index contributed by atoms with van der Waals surface area (Å²) >= 11 is 0. The number of benzene rings is 3. The molecular formula is C30H31NO7. The first kappa shape index (κ1) is 26.6. The van der Waals surface area contributed by atoms with Gasteiger partial charge in [-0.05, 0) is 62.2 Å². The highest BCUT2D eigenvalue weighted by Gasteiger charge is 2.47. The highest BCUT2D eigenvalue weighted by molar-refractivity contribution is 6.51. The van der Waals surface area contributed by atoms with Crippen LogP contribution < -0.4 is 23.8 Å². The summed E-state index contributed by atoms with van der Waals surface area (Å²) in [7, 11) is 4.46. The van der Waals surface area contributed by atoms with Crippen LogP contribution in [0, 0.1) is 6.92 Å². The number of anilines is 1. The van der Waals surface area contributed by atoms with Gasteiger partial charge < -0.3 is 24.1 Å². The number of amides is 1. The van der Waals surface area contributed by atoms with Gasteiger partial charge in [-0.2, -0.15) is 0 Å². The Morgan fingerprint density at radius 1 is 0.895 bits per heavy atom. The zero-order chi connectivity index (χ0) is 27.6. The number of para-hydroxylation sites is 1. The molecule has 8 nitrogen and oxygen atoms in total. The predicted octanol–water partition coefficient (Wildman–Crippen LogP) is 5.43. The maximum absolute atomic E-state index is 13.6. The fourth-order valence-corrected chi connectivity index (χ4v) is 4.63. The van der Waals surface area contributed by atoms with Gasteiger partial charge in [0.25, 0.3) is 11.7 Å². The fourth-order valence-electron chi connectivity index (χ4n) is 4.63. The quantitative estimate of drug-likeness (QED) is 0.242. The largest absolute Gasteiger partial charge is 0.507 e. The minimum absolute atomic E-state index is 0.0609. The van der Waals surface area contributed by atoms with Crippen molar-refractivity contribution in [3.63, 3.8) is 0 Å². The van der Waals surface area contributed by atoms with Crippen LogP contribution in [0.3, 0.4) is 0 Å². The van der Waals surface area contributed by atoms with Gasteiger partial charge in [-0.25, -0.2) is 0 Å². The number of methoxy groups -OCH3 is 3. The molecule has 1 aliphatic heterocycles. The molecular weight excluding hydrogens is 486 g/mol. The van der Waals surface area contributed by atoms with Crippen molar-refractivity contribution in [1.82, 2.24) is 0 Å². The molecule has 1 fully saturated rings. The van der Waals surface area contributed by atoms with Crippen molar-refractivity contribution in [2.45, 2.75) is 32.9 Å². The minimum atomic E-state index is -0.973. The summed E-state index contributed by atoms with van der Waals surface area (Å²) in [6, 6.07) is 16.4. The number of aliphatic hydroxyl groups excluding tert-OH is 1. The van der Waals surface area contributed by atoms with Gasteiger partial charge in [0.15, 0.2) is 11.5 Å². The van der Waals surface area contributed by atoms with Crippen molar-refractivity contribution >= 4 is 23.1 Å². The van der Waals surface area contributed by atoms with Crippen LogP contribution in [-0.4, -0.2) is 44.2 Å². The van der Waals surface area contributed by atoms with Crippen molar-refractivity contribution in [2.24, 2.45) is 0 Å². The summed E-state index contributed by atoms with van der Waals surface area (Å²) in [5.41, 5.74) is 2.12. The smallest absolute Gasteiger partial charge is 0.300 e. The third-order valence-electron chi connectivity index (χ3n) is 6.30. The van der Waals surface area contributed by atoms with Gasteiger partial charge in [0.1, 0.15) is 11.5 Å². The van der Waals surface area contributed by atoms with Crippen LogP contribution in [0.5, 0.6) is 23.0 Å². The minimum Gasteiger partial charge on any atom is -0.507 e. The van der Waals surface area contributed by atoms with Gasteiger partial charge in [0.05, 0.1) is 39.0 Å². The Morgan fingerprint density at radius 2 is 1.55 bits per heavy atom. The average Bonchev–Trinajstić information content (AvgIpc) is 3.17. The van der Waals surface area contributed by atoms with Gasteiger partial charge >= 0.3 is 0 Å². The molecule has 0 saturated carbocycles. The molecule has 3 aromatic carbocycles. The van der Waals surface area contributed by atoms with E-state index in [0.29, 0.717) is 39.8 Å². The predicted molar refractivity (Wildman–Crippen MR) is 144 cm³/mol. The first-order valence-corrected chi connectivity index (χ1v) is 12.1. The Hall–Kier alpha value is -4.46. The van der Waals surface area contributed by atoms with E-state index < -0.39 is 17.7 Å². The summed E-state index contributed by atoms with van der Waals surface area (Å²) in [5.74, 6) is -0.276. The van der Waals surface area contributed by atoms with Crippen LogP contribution in [0.2, 0.25) is 0 Å². The SMILES string of the molecule is COc1cc(C2/C(=C(\O)c3cccc(OC(C)C)c3)C(=O)C(=O)N2c2ccccc2C)cc(OC)c1OC. The van der Waals surface area contributed by atoms with Crippen LogP contribution in [0.25, 0.3) is 5.76 Å². The molecule has 38 heavy (non-hydrogen) atoms. The van der Waals surface area contributed by atoms with Crippen LogP contribution in [0.4, 0.5) is 5.69 Å². The van der Waals surface area contributed by atoms with Gasteiger partial charge in [0.2, 0.25) is 5.75 Å². The van der Waals surface area contributed by atoms with Gasteiger partial charge in [0, 0.05) is 11.3 Å². The van der Waals surface area contributed by atoms with Crippen LogP contribution in [-0.2, 0) is 9.59 Å². The van der Waals surface area contributed by atoms with Crippen molar-refractivity contribution < 1.29 is 33.6 Å². The Labute approximate surface area is 222 Å². The zero-order valence-corrected chi connectivity index (χ0v) is 22.3. The first-order chi connectivity index (χ1) is 18.2. The maximum atomic E-state index is 13.6. The molecule has 0 aliphatic carbocycles. The average molecular weight is 518 g/mol. The number of nitrogens with zero attached hydrogens (tertiary/aromatic N) is 1. The Balaban J connectivity index is 2.00. The monoisotopic (exact) mass is 517 g/mol. The highest BCUT2D eigenvalue weighted by Crippen LogP contribution is 2.47. The van der Waals surface area contributed by atoms with Crippen LogP contribution in [0.1, 0.15) is 36.6 Å².